The van der Waals surface area contributed by atoms with Crippen molar-refractivity contribution in [2.45, 2.75) is 32.7 Å². The lowest BCUT2D eigenvalue weighted by atomic mass is 10.2. The summed E-state index contributed by atoms with van der Waals surface area (Å²) < 4.78 is 4.96. The quantitative estimate of drug-likeness (QED) is 0.445. The average Bonchev–Trinajstić information content (AvgIpc) is 2.79. The molecule has 0 spiro atoms. The smallest absolute Gasteiger partial charge is 0.328 e. The van der Waals surface area contributed by atoms with Crippen molar-refractivity contribution in [1.29, 1.82) is 0 Å². The van der Waals surface area contributed by atoms with E-state index in [4.69, 9.17) is 16.5 Å². The van der Waals surface area contributed by atoms with Gasteiger partial charge < -0.3 is 4.74 Å². The predicted octanol–water partition coefficient (Wildman–Crippen LogP) is 2.02. The van der Waals surface area contributed by atoms with E-state index in [1.54, 1.807) is 6.92 Å². The topological polar surface area (TPSA) is 38.3 Å². The second kappa shape index (κ2) is 4.32. The third-order valence-corrected chi connectivity index (χ3v) is 2.69. The molecule has 4 heteroatoms. The molecule has 1 rings (SSSR count). The molecule has 0 aliphatic heterocycles. The van der Waals surface area contributed by atoms with E-state index in [1.165, 1.54) is 5.57 Å². The summed E-state index contributed by atoms with van der Waals surface area (Å²) in [5.41, 5.74) is 0.516. The van der Waals surface area contributed by atoms with Gasteiger partial charge in [-0.1, -0.05) is 11.6 Å². The van der Waals surface area contributed by atoms with Crippen LogP contribution >= 0.6 is 11.8 Å². The highest BCUT2D eigenvalue weighted by Crippen LogP contribution is 2.46. The van der Waals surface area contributed by atoms with Gasteiger partial charge in [-0.05, 0) is 39.0 Å². The number of hydrogen-bond acceptors (Lipinski definition) is 3. The van der Waals surface area contributed by atoms with E-state index in [2.05, 4.69) is 4.84 Å². The van der Waals surface area contributed by atoms with Crippen LogP contribution in [0.1, 0.15) is 27.2 Å². The van der Waals surface area contributed by atoms with Gasteiger partial charge in [0.25, 0.3) is 0 Å². The molecule has 0 saturated heterocycles. The van der Waals surface area contributed by atoms with Gasteiger partial charge >= 0.3 is 5.97 Å². The Morgan fingerprint density at radius 1 is 1.71 bits per heavy atom. The van der Waals surface area contributed by atoms with Crippen LogP contribution in [0.4, 0.5) is 0 Å². The minimum atomic E-state index is -0.672. The van der Waals surface area contributed by atoms with Crippen LogP contribution in [0, 0.1) is 5.92 Å². The number of halogens is 1. The highest BCUT2D eigenvalue weighted by molar-refractivity contribution is 6.16. The number of rotatable bonds is 4. The van der Waals surface area contributed by atoms with Crippen LogP contribution in [-0.2, 0) is 9.53 Å². The standard InChI is InChI=1S/C10H16ClNO2/c1-4-14-9(13)10(12-11)6-8(10)5-7(2)3/h5,8,12H,4,6H2,1-3H3/t8-,10-/m1/s1. The van der Waals surface area contributed by atoms with E-state index in [0.29, 0.717) is 6.61 Å². The van der Waals surface area contributed by atoms with Crippen LogP contribution in [-0.4, -0.2) is 18.1 Å². The zero-order chi connectivity index (χ0) is 10.8. The molecule has 1 aliphatic carbocycles. The molecule has 1 saturated carbocycles. The summed E-state index contributed by atoms with van der Waals surface area (Å²) in [5, 5.41) is 0. The Morgan fingerprint density at radius 3 is 2.79 bits per heavy atom. The molecule has 1 aliphatic rings. The molecule has 0 bridgehead atoms. The van der Waals surface area contributed by atoms with E-state index in [-0.39, 0.29) is 11.9 Å². The molecule has 0 heterocycles. The summed E-state index contributed by atoms with van der Waals surface area (Å²) in [6.07, 6.45) is 2.77. The highest BCUT2D eigenvalue weighted by atomic mass is 35.5. The number of hydrogen-bond donors (Lipinski definition) is 1. The molecule has 1 N–H and O–H groups in total. The van der Waals surface area contributed by atoms with E-state index >= 15 is 0 Å². The number of carbonyl (C=O) groups excluding carboxylic acids is 1. The summed E-state index contributed by atoms with van der Waals surface area (Å²) in [4.78, 5) is 14.1. The van der Waals surface area contributed by atoms with Gasteiger partial charge in [-0.3, -0.25) is 0 Å². The van der Waals surface area contributed by atoms with Crippen LogP contribution in [0.15, 0.2) is 11.6 Å². The Morgan fingerprint density at radius 2 is 2.36 bits per heavy atom. The molecular formula is C10H16ClNO2. The number of esters is 1. The SMILES string of the molecule is CCOC(=O)[C@@]1(NCl)C[C@H]1C=C(C)C. The van der Waals surface area contributed by atoms with Gasteiger partial charge in [0.2, 0.25) is 0 Å². The minimum absolute atomic E-state index is 0.170. The van der Waals surface area contributed by atoms with Gasteiger partial charge in [-0.25, -0.2) is 9.63 Å². The van der Waals surface area contributed by atoms with Crippen molar-refractivity contribution in [3.8, 4) is 0 Å². The van der Waals surface area contributed by atoms with Crippen molar-refractivity contribution in [1.82, 2.24) is 4.84 Å². The van der Waals surface area contributed by atoms with Crippen LogP contribution in [0.2, 0.25) is 0 Å². The lowest BCUT2D eigenvalue weighted by Crippen LogP contribution is -2.37. The molecule has 0 aromatic rings. The van der Waals surface area contributed by atoms with Crippen LogP contribution in [0.3, 0.4) is 0 Å². The maximum atomic E-state index is 11.6. The molecule has 0 aromatic carbocycles. The van der Waals surface area contributed by atoms with Crippen molar-refractivity contribution in [2.75, 3.05) is 6.61 Å². The summed E-state index contributed by atoms with van der Waals surface area (Å²) in [6.45, 7) is 6.18. The fraction of sp³-hybridized carbons (Fsp3) is 0.700. The van der Waals surface area contributed by atoms with Gasteiger partial charge in [0.1, 0.15) is 5.54 Å². The lowest BCUT2D eigenvalue weighted by molar-refractivity contribution is -0.146. The first-order chi connectivity index (χ1) is 6.56. The number of nitrogens with one attached hydrogen (secondary N) is 1. The third-order valence-electron chi connectivity index (χ3n) is 2.36. The number of carbonyl (C=O) groups is 1. The minimum Gasteiger partial charge on any atom is -0.465 e. The highest BCUT2D eigenvalue weighted by Gasteiger charge is 2.60. The largest absolute Gasteiger partial charge is 0.465 e. The first-order valence-corrected chi connectivity index (χ1v) is 5.14. The van der Waals surface area contributed by atoms with E-state index in [0.717, 1.165) is 6.42 Å². The molecule has 0 radical (unpaired) electrons. The Labute approximate surface area is 89.6 Å². The average molecular weight is 218 g/mol. The van der Waals surface area contributed by atoms with Crippen LogP contribution in [0.25, 0.3) is 0 Å². The molecule has 2 atom stereocenters. The normalized spacial score (nSPS) is 29.6. The molecule has 3 nitrogen and oxygen atoms in total. The number of allylic oxidation sites excluding steroid dienone is 1. The summed E-state index contributed by atoms with van der Waals surface area (Å²) in [5.74, 6) is -0.0819. The summed E-state index contributed by atoms with van der Waals surface area (Å²) in [6, 6.07) is 0. The van der Waals surface area contributed by atoms with E-state index in [9.17, 15) is 4.79 Å². The van der Waals surface area contributed by atoms with Crippen molar-refractivity contribution < 1.29 is 9.53 Å². The molecule has 0 aromatic heterocycles. The first-order valence-electron chi connectivity index (χ1n) is 4.77. The zero-order valence-corrected chi connectivity index (χ0v) is 9.52. The third kappa shape index (κ3) is 2.10. The second-order valence-corrected chi connectivity index (χ2v) is 4.03. The van der Waals surface area contributed by atoms with E-state index < -0.39 is 5.54 Å². The maximum absolute atomic E-state index is 11.6. The predicted molar refractivity (Wildman–Crippen MR) is 55.9 cm³/mol. The lowest BCUT2D eigenvalue weighted by Gasteiger charge is -2.12. The summed E-state index contributed by atoms with van der Waals surface area (Å²) >= 11 is 5.58. The first kappa shape index (κ1) is 11.5. The van der Waals surface area contributed by atoms with Gasteiger partial charge in [-0.2, -0.15) is 0 Å². The van der Waals surface area contributed by atoms with Gasteiger partial charge in [0.05, 0.1) is 6.61 Å². The van der Waals surface area contributed by atoms with Gasteiger partial charge in [0.15, 0.2) is 0 Å². The molecule has 80 valence electrons. The molecule has 0 amide bonds. The Bertz CT molecular complexity index is 261. The molecular weight excluding hydrogens is 202 g/mol. The second-order valence-electron chi connectivity index (χ2n) is 3.84. The van der Waals surface area contributed by atoms with Crippen molar-refractivity contribution in [3.05, 3.63) is 11.6 Å². The monoisotopic (exact) mass is 217 g/mol. The Kier molecular flexibility index (Phi) is 3.56. The summed E-state index contributed by atoms with van der Waals surface area (Å²) in [7, 11) is 0. The molecule has 1 fully saturated rings. The Hall–Kier alpha value is -0.540. The molecule has 0 unspecified atom stereocenters. The van der Waals surface area contributed by atoms with Gasteiger partial charge in [0, 0.05) is 5.92 Å². The Balaban J connectivity index is 2.65. The zero-order valence-electron chi connectivity index (χ0n) is 8.76. The molecule has 14 heavy (non-hydrogen) atoms. The van der Waals surface area contributed by atoms with Gasteiger partial charge in [-0.15, -0.1) is 0 Å². The van der Waals surface area contributed by atoms with Crippen LogP contribution in [0.5, 0.6) is 0 Å². The fourth-order valence-electron chi connectivity index (χ4n) is 1.53. The van der Waals surface area contributed by atoms with Crippen molar-refractivity contribution in [3.63, 3.8) is 0 Å². The maximum Gasteiger partial charge on any atom is 0.328 e. The van der Waals surface area contributed by atoms with Crippen molar-refractivity contribution in [2.24, 2.45) is 5.92 Å². The fourth-order valence-corrected chi connectivity index (χ4v) is 1.83. The van der Waals surface area contributed by atoms with E-state index in [1.807, 2.05) is 19.9 Å². The number of ether oxygens (including phenoxy) is 1. The van der Waals surface area contributed by atoms with Crippen LogP contribution < -0.4 is 4.84 Å². The van der Waals surface area contributed by atoms with Crippen molar-refractivity contribution >= 4 is 17.7 Å².